The zero-order chi connectivity index (χ0) is 22.0. The molecule has 4 rings (SSSR count). The Morgan fingerprint density at radius 3 is 2.65 bits per heavy atom. The first kappa shape index (κ1) is 20.4. The summed E-state index contributed by atoms with van der Waals surface area (Å²) in [6, 6.07) is 9.55. The molecule has 0 aliphatic heterocycles. The number of carbonyl (C=O) groups excluding carboxylic acids is 1. The normalized spacial score (nSPS) is 13.2. The summed E-state index contributed by atoms with van der Waals surface area (Å²) < 4.78 is 44.8. The van der Waals surface area contributed by atoms with Crippen molar-refractivity contribution in [2.24, 2.45) is 4.99 Å². The Kier molecular flexibility index (Phi) is 5.34. The Morgan fingerprint density at radius 2 is 1.97 bits per heavy atom. The number of aliphatic hydroxyl groups excluding tert-OH is 1. The number of imidazole rings is 1. The van der Waals surface area contributed by atoms with Crippen LogP contribution in [0.25, 0.3) is 17.0 Å². The molecule has 0 saturated heterocycles. The fourth-order valence-electron chi connectivity index (χ4n) is 2.76. The second kappa shape index (κ2) is 8.11. The summed E-state index contributed by atoms with van der Waals surface area (Å²) in [5, 5.41) is 13.3. The van der Waals surface area contributed by atoms with Gasteiger partial charge in [0.1, 0.15) is 11.3 Å². The van der Waals surface area contributed by atoms with Gasteiger partial charge in [0, 0.05) is 24.2 Å². The zero-order valence-electron chi connectivity index (χ0n) is 15.7. The Bertz CT molecular complexity index is 1210. The van der Waals surface area contributed by atoms with Crippen molar-refractivity contribution in [1.29, 1.82) is 0 Å². The molecule has 1 N–H and O–H groups in total. The van der Waals surface area contributed by atoms with Gasteiger partial charge in [-0.05, 0) is 24.3 Å². The van der Waals surface area contributed by atoms with E-state index in [1.165, 1.54) is 18.3 Å². The molecule has 0 radical (unpaired) electrons. The van der Waals surface area contributed by atoms with Gasteiger partial charge in [-0.25, -0.2) is 9.98 Å². The number of aliphatic imine (C=N–C) groups is 1. The third-order valence-corrected chi connectivity index (χ3v) is 4.38. The van der Waals surface area contributed by atoms with E-state index in [0.717, 1.165) is 18.3 Å². The molecule has 3 heterocycles. The smallest absolute Gasteiger partial charge is 0.395 e. The van der Waals surface area contributed by atoms with Gasteiger partial charge in [-0.3, -0.25) is 4.79 Å². The van der Waals surface area contributed by atoms with Crippen molar-refractivity contribution >= 4 is 17.8 Å². The van der Waals surface area contributed by atoms with Crippen molar-refractivity contribution in [3.8, 4) is 11.4 Å². The van der Waals surface area contributed by atoms with Crippen molar-refractivity contribution in [1.82, 2.24) is 19.5 Å². The molecular formula is C20H14F3N5O3. The van der Waals surface area contributed by atoms with Gasteiger partial charge in [0.05, 0.1) is 18.1 Å². The van der Waals surface area contributed by atoms with Crippen LogP contribution in [0, 0.1) is 0 Å². The summed E-state index contributed by atoms with van der Waals surface area (Å²) in [7, 11) is 0. The number of carbonyl (C=O) groups is 1. The molecule has 8 nitrogen and oxygen atoms in total. The predicted octanol–water partition coefficient (Wildman–Crippen LogP) is 3.39. The molecule has 11 heteroatoms. The number of aliphatic hydroxyl groups is 1. The van der Waals surface area contributed by atoms with E-state index in [9.17, 15) is 23.1 Å². The van der Waals surface area contributed by atoms with Crippen LogP contribution < -0.4 is 0 Å². The topological polar surface area (TPSA) is 106 Å². The SMILES string of the molecule is O=C(N=CC(CO)c1nc(-c2ccc(C(F)(F)F)cc2)no1)c1cn2ccccc2n1. The number of aromatic nitrogens is 4. The van der Waals surface area contributed by atoms with Crippen molar-refractivity contribution in [3.63, 3.8) is 0 Å². The molecule has 0 aliphatic carbocycles. The summed E-state index contributed by atoms with van der Waals surface area (Å²) in [4.78, 5) is 24.3. The van der Waals surface area contributed by atoms with Crippen LogP contribution in [0.4, 0.5) is 13.2 Å². The zero-order valence-corrected chi connectivity index (χ0v) is 15.7. The largest absolute Gasteiger partial charge is 0.416 e. The highest BCUT2D eigenvalue weighted by Crippen LogP contribution is 2.30. The van der Waals surface area contributed by atoms with Crippen LogP contribution >= 0.6 is 0 Å². The maximum Gasteiger partial charge on any atom is 0.416 e. The molecule has 3 aromatic heterocycles. The Balaban J connectivity index is 1.50. The second-order valence-electron chi connectivity index (χ2n) is 6.50. The van der Waals surface area contributed by atoms with E-state index in [-0.39, 0.29) is 17.4 Å². The van der Waals surface area contributed by atoms with E-state index in [1.54, 1.807) is 28.8 Å². The fraction of sp³-hybridized carbons (Fsp3) is 0.150. The van der Waals surface area contributed by atoms with Crippen molar-refractivity contribution < 1.29 is 27.6 Å². The molecule has 0 bridgehead atoms. The van der Waals surface area contributed by atoms with E-state index in [0.29, 0.717) is 11.2 Å². The van der Waals surface area contributed by atoms with Crippen LogP contribution in [0.5, 0.6) is 0 Å². The predicted molar refractivity (Wildman–Crippen MR) is 103 cm³/mol. The molecule has 0 aliphatic rings. The first-order valence-electron chi connectivity index (χ1n) is 8.99. The van der Waals surface area contributed by atoms with E-state index >= 15 is 0 Å². The maximum atomic E-state index is 12.7. The van der Waals surface area contributed by atoms with Gasteiger partial charge in [-0.15, -0.1) is 0 Å². The average molecular weight is 429 g/mol. The molecule has 0 fully saturated rings. The van der Waals surface area contributed by atoms with Crippen molar-refractivity contribution in [3.05, 3.63) is 72.0 Å². The molecule has 4 aromatic rings. The van der Waals surface area contributed by atoms with E-state index in [1.807, 2.05) is 0 Å². The highest BCUT2D eigenvalue weighted by molar-refractivity contribution is 5.98. The van der Waals surface area contributed by atoms with Gasteiger partial charge in [0.15, 0.2) is 0 Å². The van der Waals surface area contributed by atoms with E-state index in [4.69, 9.17) is 4.52 Å². The van der Waals surface area contributed by atoms with Gasteiger partial charge in [0.2, 0.25) is 11.7 Å². The summed E-state index contributed by atoms with van der Waals surface area (Å²) in [5.41, 5.74) is 0.205. The van der Waals surface area contributed by atoms with Crippen LogP contribution in [0.3, 0.4) is 0 Å². The number of pyridine rings is 1. The number of halogens is 3. The van der Waals surface area contributed by atoms with Crippen LogP contribution in [0.2, 0.25) is 0 Å². The number of benzene rings is 1. The minimum absolute atomic E-state index is 0.0380. The number of amides is 1. The number of alkyl halides is 3. The number of nitrogens with zero attached hydrogens (tertiary/aromatic N) is 5. The molecular weight excluding hydrogens is 415 g/mol. The average Bonchev–Trinajstić information content (AvgIpc) is 3.41. The summed E-state index contributed by atoms with van der Waals surface area (Å²) in [6.07, 6.45) is -0.0256. The van der Waals surface area contributed by atoms with Crippen molar-refractivity contribution in [2.45, 2.75) is 12.1 Å². The maximum absolute atomic E-state index is 12.7. The lowest BCUT2D eigenvalue weighted by Crippen LogP contribution is -2.08. The Labute approximate surface area is 172 Å². The van der Waals surface area contributed by atoms with Crippen LogP contribution in [-0.4, -0.2) is 43.4 Å². The lowest BCUT2D eigenvalue weighted by molar-refractivity contribution is -0.137. The minimum Gasteiger partial charge on any atom is -0.395 e. The van der Waals surface area contributed by atoms with Gasteiger partial charge in [0.25, 0.3) is 5.91 Å². The lowest BCUT2D eigenvalue weighted by atomic mass is 10.1. The van der Waals surface area contributed by atoms with Crippen LogP contribution in [-0.2, 0) is 6.18 Å². The first-order valence-corrected chi connectivity index (χ1v) is 8.99. The second-order valence-corrected chi connectivity index (χ2v) is 6.50. The van der Waals surface area contributed by atoms with Crippen molar-refractivity contribution in [2.75, 3.05) is 6.61 Å². The molecule has 1 unspecified atom stereocenters. The molecule has 1 aromatic carbocycles. The molecule has 31 heavy (non-hydrogen) atoms. The number of rotatable bonds is 5. The molecule has 158 valence electrons. The summed E-state index contributed by atoms with van der Waals surface area (Å²) in [6.45, 7) is -0.476. The Hall–Kier alpha value is -3.86. The number of hydrogen-bond donors (Lipinski definition) is 1. The summed E-state index contributed by atoms with van der Waals surface area (Å²) >= 11 is 0. The standard InChI is InChI=1S/C20H14F3N5O3/c21-20(22,23)14-6-4-12(5-7-14)17-26-19(31-27-17)13(11-29)9-24-18(30)15-10-28-8-2-1-3-16(28)25-15/h1-10,13,29H,11H2. The first-order chi connectivity index (χ1) is 14.8. The summed E-state index contributed by atoms with van der Waals surface area (Å²) in [5.74, 6) is -1.49. The third kappa shape index (κ3) is 4.36. The lowest BCUT2D eigenvalue weighted by Gasteiger charge is -2.05. The molecule has 0 saturated carbocycles. The Morgan fingerprint density at radius 1 is 1.19 bits per heavy atom. The van der Waals surface area contributed by atoms with Crippen LogP contribution in [0.1, 0.15) is 27.9 Å². The van der Waals surface area contributed by atoms with E-state index < -0.39 is 30.2 Å². The minimum atomic E-state index is -4.45. The highest BCUT2D eigenvalue weighted by atomic mass is 19.4. The van der Waals surface area contributed by atoms with Gasteiger partial charge >= 0.3 is 6.18 Å². The van der Waals surface area contributed by atoms with Crippen LogP contribution in [0.15, 0.2) is 64.4 Å². The third-order valence-electron chi connectivity index (χ3n) is 4.38. The monoisotopic (exact) mass is 429 g/mol. The van der Waals surface area contributed by atoms with E-state index in [2.05, 4.69) is 20.1 Å². The fourth-order valence-corrected chi connectivity index (χ4v) is 2.76. The molecule has 0 spiro atoms. The number of hydrogen-bond acceptors (Lipinski definition) is 6. The quantitative estimate of drug-likeness (QED) is 0.488. The highest BCUT2D eigenvalue weighted by Gasteiger charge is 2.30. The number of fused-ring (bicyclic) bond motifs is 1. The molecule has 1 atom stereocenters. The van der Waals surface area contributed by atoms with Gasteiger partial charge in [-0.1, -0.05) is 23.4 Å². The van der Waals surface area contributed by atoms with Gasteiger partial charge < -0.3 is 14.0 Å². The van der Waals surface area contributed by atoms with Gasteiger partial charge in [-0.2, -0.15) is 18.2 Å². The molecule has 1 amide bonds.